The smallest absolute Gasteiger partial charge is 0.371 e. The van der Waals surface area contributed by atoms with Crippen LogP contribution in [0.2, 0.25) is 0 Å². The van der Waals surface area contributed by atoms with Crippen LogP contribution in [-0.4, -0.2) is 16.9 Å². The van der Waals surface area contributed by atoms with Crippen molar-refractivity contribution in [3.05, 3.63) is 76.2 Å². The number of thiophene rings is 1. The molecule has 23 heavy (non-hydrogen) atoms. The van der Waals surface area contributed by atoms with Gasteiger partial charge in [0.1, 0.15) is 5.76 Å². The summed E-state index contributed by atoms with van der Waals surface area (Å²) >= 11 is 1.57. The molecule has 0 aliphatic rings. The van der Waals surface area contributed by atoms with Gasteiger partial charge in [-0.25, -0.2) is 4.79 Å². The van der Waals surface area contributed by atoms with Crippen molar-refractivity contribution in [2.75, 3.05) is 0 Å². The van der Waals surface area contributed by atoms with Crippen molar-refractivity contribution < 1.29 is 19.1 Å². The van der Waals surface area contributed by atoms with Crippen LogP contribution in [0, 0.1) is 0 Å². The lowest BCUT2D eigenvalue weighted by molar-refractivity contribution is 0.0663. The Morgan fingerprint density at radius 3 is 2.43 bits per heavy atom. The summed E-state index contributed by atoms with van der Waals surface area (Å²) in [5.41, 5.74) is 1.28. The fourth-order valence-electron chi connectivity index (χ4n) is 2.05. The van der Waals surface area contributed by atoms with Crippen molar-refractivity contribution in [1.29, 1.82) is 0 Å². The van der Waals surface area contributed by atoms with E-state index in [0.29, 0.717) is 11.3 Å². The third-order valence-corrected chi connectivity index (χ3v) is 4.05. The van der Waals surface area contributed by atoms with Gasteiger partial charge in [-0.05, 0) is 35.7 Å². The Hall–Kier alpha value is -2.92. The summed E-state index contributed by atoms with van der Waals surface area (Å²) in [5.74, 6) is -0.855. The van der Waals surface area contributed by atoms with Crippen LogP contribution in [0.3, 0.4) is 0 Å². The normalized spacial score (nSPS) is 11.0. The highest BCUT2D eigenvalue weighted by Gasteiger charge is 2.10. The summed E-state index contributed by atoms with van der Waals surface area (Å²) in [6, 6.07) is 13.7. The molecule has 5 heteroatoms. The first-order chi connectivity index (χ1) is 11.1. The number of aromatic carboxylic acids is 1. The number of carboxylic acid groups (broad SMARTS) is 1. The molecule has 0 unspecified atom stereocenters. The van der Waals surface area contributed by atoms with Crippen LogP contribution in [-0.2, 0) is 0 Å². The van der Waals surface area contributed by atoms with E-state index in [-0.39, 0.29) is 11.5 Å². The fourth-order valence-corrected chi connectivity index (χ4v) is 2.66. The molecule has 0 radical (unpaired) electrons. The van der Waals surface area contributed by atoms with Gasteiger partial charge >= 0.3 is 5.97 Å². The number of hydrogen-bond acceptors (Lipinski definition) is 4. The van der Waals surface area contributed by atoms with Crippen molar-refractivity contribution in [2.45, 2.75) is 0 Å². The van der Waals surface area contributed by atoms with Crippen molar-refractivity contribution in [3.63, 3.8) is 0 Å². The van der Waals surface area contributed by atoms with E-state index in [2.05, 4.69) is 0 Å². The lowest BCUT2D eigenvalue weighted by Crippen LogP contribution is -1.93. The summed E-state index contributed by atoms with van der Waals surface area (Å²) in [6.45, 7) is 0. The third kappa shape index (κ3) is 3.46. The maximum Gasteiger partial charge on any atom is 0.371 e. The highest BCUT2D eigenvalue weighted by molar-refractivity contribution is 7.10. The summed E-state index contributed by atoms with van der Waals surface area (Å²) in [4.78, 5) is 23.9. The number of allylic oxidation sites excluding steroid dienone is 1. The minimum absolute atomic E-state index is 0.0874. The van der Waals surface area contributed by atoms with Crippen molar-refractivity contribution >= 4 is 29.2 Å². The molecule has 2 aromatic heterocycles. The molecule has 1 aromatic carbocycles. The number of carboxylic acids is 1. The van der Waals surface area contributed by atoms with Crippen LogP contribution in [0.25, 0.3) is 17.4 Å². The molecule has 3 aromatic rings. The Morgan fingerprint density at radius 2 is 1.83 bits per heavy atom. The molecule has 0 aliphatic carbocycles. The molecule has 114 valence electrons. The van der Waals surface area contributed by atoms with E-state index in [9.17, 15) is 9.59 Å². The second-order valence-electron chi connectivity index (χ2n) is 4.76. The molecule has 0 amide bonds. The van der Waals surface area contributed by atoms with E-state index in [4.69, 9.17) is 9.52 Å². The van der Waals surface area contributed by atoms with Gasteiger partial charge in [-0.3, -0.25) is 4.79 Å². The summed E-state index contributed by atoms with van der Waals surface area (Å²) in [7, 11) is 0. The van der Waals surface area contributed by atoms with Crippen molar-refractivity contribution in [3.8, 4) is 11.3 Å². The monoisotopic (exact) mass is 324 g/mol. The van der Waals surface area contributed by atoms with Gasteiger partial charge in [0.15, 0.2) is 5.78 Å². The van der Waals surface area contributed by atoms with Gasteiger partial charge in [0.25, 0.3) is 0 Å². The molecule has 0 saturated carbocycles. The predicted octanol–water partition coefficient (Wildman–Crippen LogP) is 4.60. The van der Waals surface area contributed by atoms with E-state index in [1.807, 2.05) is 17.5 Å². The predicted molar refractivity (Wildman–Crippen MR) is 88.8 cm³/mol. The van der Waals surface area contributed by atoms with Gasteiger partial charge < -0.3 is 9.52 Å². The molecule has 2 heterocycles. The quantitative estimate of drug-likeness (QED) is 0.550. The first-order valence-electron chi connectivity index (χ1n) is 6.83. The van der Waals surface area contributed by atoms with Crippen LogP contribution in [0.5, 0.6) is 0 Å². The molecule has 0 spiro atoms. The fraction of sp³-hybridized carbons (Fsp3) is 0. The van der Waals surface area contributed by atoms with Crippen LogP contribution in [0.15, 0.2) is 64.4 Å². The van der Waals surface area contributed by atoms with Gasteiger partial charge in [0.05, 0.1) is 0 Å². The largest absolute Gasteiger partial charge is 0.475 e. The highest BCUT2D eigenvalue weighted by Crippen LogP contribution is 2.23. The van der Waals surface area contributed by atoms with Gasteiger partial charge in [0.2, 0.25) is 5.76 Å². The minimum Gasteiger partial charge on any atom is -0.475 e. The lowest BCUT2D eigenvalue weighted by atomic mass is 10.1. The van der Waals surface area contributed by atoms with Gasteiger partial charge in [-0.15, -0.1) is 11.3 Å². The molecular formula is C18H12O4S. The zero-order valence-corrected chi connectivity index (χ0v) is 12.7. The van der Waals surface area contributed by atoms with E-state index in [0.717, 1.165) is 10.4 Å². The Kier molecular flexibility index (Phi) is 4.21. The lowest BCUT2D eigenvalue weighted by Gasteiger charge is -1.99. The molecule has 0 saturated heterocycles. The van der Waals surface area contributed by atoms with Crippen LogP contribution >= 0.6 is 11.3 Å². The zero-order chi connectivity index (χ0) is 16.2. The van der Waals surface area contributed by atoms with E-state index < -0.39 is 5.97 Å². The molecule has 0 atom stereocenters. The number of carbonyl (C=O) groups is 2. The molecule has 0 aliphatic heterocycles. The summed E-state index contributed by atoms with van der Waals surface area (Å²) in [6.07, 6.45) is 3.32. The van der Waals surface area contributed by atoms with Gasteiger partial charge in [-0.2, -0.15) is 0 Å². The standard InChI is InChI=1S/C18H12O4S/c19-15(8-7-14-2-1-11-23-14)12-3-5-13(6-4-12)16-9-10-17(22-16)18(20)21/h1-11H,(H,20,21)/b8-7+. The maximum absolute atomic E-state index is 12.1. The zero-order valence-electron chi connectivity index (χ0n) is 11.9. The molecule has 1 N–H and O–H groups in total. The van der Waals surface area contributed by atoms with Crippen LogP contribution in [0.4, 0.5) is 0 Å². The van der Waals surface area contributed by atoms with Crippen molar-refractivity contribution in [2.24, 2.45) is 0 Å². The Balaban J connectivity index is 1.76. The second kappa shape index (κ2) is 6.46. The maximum atomic E-state index is 12.1. The van der Waals surface area contributed by atoms with Crippen LogP contribution < -0.4 is 0 Å². The number of rotatable bonds is 5. The highest BCUT2D eigenvalue weighted by atomic mass is 32.1. The average Bonchev–Trinajstić information content (AvgIpc) is 3.24. The molecule has 3 rings (SSSR count). The number of furan rings is 1. The van der Waals surface area contributed by atoms with Gasteiger partial charge in [-0.1, -0.05) is 30.3 Å². The molecule has 4 nitrogen and oxygen atoms in total. The third-order valence-electron chi connectivity index (χ3n) is 3.21. The van der Waals surface area contributed by atoms with E-state index in [1.165, 1.54) is 12.1 Å². The van der Waals surface area contributed by atoms with Crippen LogP contribution in [0.1, 0.15) is 25.8 Å². The molecule has 0 bridgehead atoms. The van der Waals surface area contributed by atoms with E-state index >= 15 is 0 Å². The number of hydrogen-bond donors (Lipinski definition) is 1. The second-order valence-corrected chi connectivity index (χ2v) is 5.74. The van der Waals surface area contributed by atoms with E-state index in [1.54, 1.807) is 47.7 Å². The number of benzene rings is 1. The summed E-state index contributed by atoms with van der Waals surface area (Å²) in [5, 5.41) is 10.8. The molecule has 0 fully saturated rings. The van der Waals surface area contributed by atoms with Crippen molar-refractivity contribution in [1.82, 2.24) is 0 Å². The van der Waals surface area contributed by atoms with Gasteiger partial charge in [0, 0.05) is 16.0 Å². The first-order valence-corrected chi connectivity index (χ1v) is 7.71. The molecular weight excluding hydrogens is 312 g/mol. The minimum atomic E-state index is -1.11. The first kappa shape index (κ1) is 15.0. The number of ketones is 1. The summed E-state index contributed by atoms with van der Waals surface area (Å²) < 4.78 is 5.23. The topological polar surface area (TPSA) is 67.5 Å². The average molecular weight is 324 g/mol. The Morgan fingerprint density at radius 1 is 1.04 bits per heavy atom. The Labute approximate surface area is 136 Å². The SMILES string of the molecule is O=C(/C=C/c1cccs1)c1ccc(-c2ccc(C(=O)O)o2)cc1. The Bertz CT molecular complexity index is 855. The number of carbonyl (C=O) groups excluding carboxylic acids is 1.